The number of benzene rings is 2. The number of nitrogens with one attached hydrogen (secondary N) is 2. The summed E-state index contributed by atoms with van der Waals surface area (Å²) in [6, 6.07) is 14.4. The fraction of sp³-hybridized carbons (Fsp3) is 0.100. The number of hydrogen-bond donors (Lipinski definition) is 3. The molecule has 0 aliphatic carbocycles. The van der Waals surface area contributed by atoms with Crippen LogP contribution >= 0.6 is 0 Å². The predicted octanol–water partition coefficient (Wildman–Crippen LogP) is 3.77. The summed E-state index contributed by atoms with van der Waals surface area (Å²) < 4.78 is 5.58. The number of rotatable bonds is 1. The van der Waals surface area contributed by atoms with Gasteiger partial charge < -0.3 is 14.8 Å². The third kappa shape index (κ3) is 1.92. The van der Waals surface area contributed by atoms with Crippen molar-refractivity contribution in [3.8, 4) is 5.75 Å². The molecule has 0 saturated heterocycles. The molecule has 6 nitrogen and oxygen atoms in total. The van der Waals surface area contributed by atoms with Crippen LogP contribution in [-0.2, 0) is 0 Å². The van der Waals surface area contributed by atoms with E-state index in [-0.39, 0.29) is 5.75 Å². The van der Waals surface area contributed by atoms with Gasteiger partial charge in [-0.2, -0.15) is 5.10 Å². The summed E-state index contributed by atoms with van der Waals surface area (Å²) in [5, 5.41) is 21.9. The second kappa shape index (κ2) is 5.23. The number of aryl methyl sites for hydroxylation is 1. The SMILES string of the molecule is Cc1[nH]nc2c1C(c1ccccc1O)c1c(c3ccccc3oc1=O)N2. The van der Waals surface area contributed by atoms with Crippen molar-refractivity contribution >= 4 is 22.5 Å². The van der Waals surface area contributed by atoms with Crippen molar-refractivity contribution in [2.75, 3.05) is 5.32 Å². The number of aromatic hydroxyl groups is 1. The first kappa shape index (κ1) is 14.8. The van der Waals surface area contributed by atoms with Crippen LogP contribution in [0, 0.1) is 6.92 Å². The van der Waals surface area contributed by atoms with Crippen molar-refractivity contribution in [2.45, 2.75) is 12.8 Å². The monoisotopic (exact) mass is 345 g/mol. The van der Waals surface area contributed by atoms with E-state index in [9.17, 15) is 9.90 Å². The maximum Gasteiger partial charge on any atom is 0.342 e. The lowest BCUT2D eigenvalue weighted by Crippen LogP contribution is -2.22. The number of H-pyrrole nitrogens is 1. The molecule has 1 unspecified atom stereocenters. The van der Waals surface area contributed by atoms with Crippen LogP contribution in [0.2, 0.25) is 0 Å². The second-order valence-corrected chi connectivity index (χ2v) is 6.40. The third-order valence-corrected chi connectivity index (χ3v) is 4.91. The average molecular weight is 345 g/mol. The van der Waals surface area contributed by atoms with E-state index in [1.165, 1.54) is 0 Å². The molecule has 5 rings (SSSR count). The quantitative estimate of drug-likeness (QED) is 0.402. The van der Waals surface area contributed by atoms with E-state index in [1.807, 2.05) is 37.3 Å². The maximum absolute atomic E-state index is 12.9. The van der Waals surface area contributed by atoms with Crippen LogP contribution in [0.1, 0.15) is 28.3 Å². The average Bonchev–Trinajstić information content (AvgIpc) is 3.02. The lowest BCUT2D eigenvalue weighted by Gasteiger charge is -2.27. The fourth-order valence-corrected chi connectivity index (χ4v) is 3.75. The Hall–Kier alpha value is -3.54. The molecule has 0 amide bonds. The molecule has 0 spiro atoms. The van der Waals surface area contributed by atoms with Crippen molar-refractivity contribution in [3.63, 3.8) is 0 Å². The minimum absolute atomic E-state index is 0.129. The van der Waals surface area contributed by atoms with Crippen LogP contribution in [0.3, 0.4) is 0 Å². The molecule has 0 bridgehead atoms. The lowest BCUT2D eigenvalue weighted by atomic mass is 9.81. The van der Waals surface area contributed by atoms with Gasteiger partial charge in [-0.05, 0) is 25.1 Å². The summed E-state index contributed by atoms with van der Waals surface area (Å²) in [6.07, 6.45) is 0. The number of nitrogens with zero attached hydrogens (tertiary/aromatic N) is 1. The van der Waals surface area contributed by atoms with Crippen LogP contribution in [0.5, 0.6) is 5.75 Å². The molecule has 2 aromatic heterocycles. The number of phenols is 1. The molecule has 4 aromatic rings. The fourth-order valence-electron chi connectivity index (χ4n) is 3.75. The molecule has 3 N–H and O–H groups in total. The molecular formula is C20H15N3O3. The van der Waals surface area contributed by atoms with E-state index in [2.05, 4.69) is 15.5 Å². The zero-order valence-corrected chi connectivity index (χ0v) is 13.9. The summed E-state index contributed by atoms with van der Waals surface area (Å²) >= 11 is 0. The maximum atomic E-state index is 12.9. The number of fused-ring (bicyclic) bond motifs is 4. The highest BCUT2D eigenvalue weighted by Crippen LogP contribution is 2.47. The van der Waals surface area contributed by atoms with Crippen molar-refractivity contribution < 1.29 is 9.52 Å². The Labute approximate surface area is 148 Å². The first-order valence-corrected chi connectivity index (χ1v) is 8.30. The highest BCUT2D eigenvalue weighted by atomic mass is 16.4. The van der Waals surface area contributed by atoms with Crippen LogP contribution < -0.4 is 10.9 Å². The van der Waals surface area contributed by atoms with Crippen molar-refractivity contribution in [1.82, 2.24) is 10.2 Å². The number of anilines is 2. The topological polar surface area (TPSA) is 91.2 Å². The Kier molecular flexibility index (Phi) is 2.97. The molecule has 2 aromatic carbocycles. The van der Waals surface area contributed by atoms with Crippen molar-refractivity contribution in [2.24, 2.45) is 0 Å². The van der Waals surface area contributed by atoms with Crippen LogP contribution in [0.4, 0.5) is 11.5 Å². The normalized spacial score (nSPS) is 15.3. The van der Waals surface area contributed by atoms with E-state index >= 15 is 0 Å². The van der Waals surface area contributed by atoms with Gasteiger partial charge in [0.25, 0.3) is 0 Å². The van der Waals surface area contributed by atoms with Gasteiger partial charge in [-0.15, -0.1) is 0 Å². The van der Waals surface area contributed by atoms with Gasteiger partial charge >= 0.3 is 5.63 Å². The van der Waals surface area contributed by atoms with Crippen molar-refractivity contribution in [1.29, 1.82) is 0 Å². The standard InChI is InChI=1S/C20H15N3O3/c1-10-15-16(11-6-2-4-8-13(11)24)17-18(21-19(15)23-22-10)12-7-3-5-9-14(12)26-20(17)25/h2-9,16,24H,1H3,(H2,21,22,23). The van der Waals surface area contributed by atoms with E-state index in [0.29, 0.717) is 28.2 Å². The molecule has 3 heterocycles. The number of para-hydroxylation sites is 2. The lowest BCUT2D eigenvalue weighted by molar-refractivity contribution is 0.466. The molecule has 1 aliphatic rings. The van der Waals surface area contributed by atoms with E-state index < -0.39 is 11.5 Å². The smallest absolute Gasteiger partial charge is 0.342 e. The summed E-state index contributed by atoms with van der Waals surface area (Å²) in [4.78, 5) is 12.9. The Balaban J connectivity index is 1.92. The van der Waals surface area contributed by atoms with Crippen LogP contribution in [0.15, 0.2) is 57.7 Å². The Morgan fingerprint density at radius 3 is 2.69 bits per heavy atom. The van der Waals surface area contributed by atoms with Gasteiger partial charge in [0, 0.05) is 22.2 Å². The molecule has 26 heavy (non-hydrogen) atoms. The first-order valence-electron chi connectivity index (χ1n) is 8.30. The molecule has 128 valence electrons. The van der Waals surface area contributed by atoms with Crippen LogP contribution in [0.25, 0.3) is 11.0 Å². The van der Waals surface area contributed by atoms with Gasteiger partial charge in [0.15, 0.2) is 5.82 Å². The second-order valence-electron chi connectivity index (χ2n) is 6.40. The zero-order valence-electron chi connectivity index (χ0n) is 13.9. The van der Waals surface area contributed by atoms with Crippen LogP contribution in [-0.4, -0.2) is 15.3 Å². The number of phenolic OH excluding ortho intramolecular Hbond substituents is 1. The van der Waals surface area contributed by atoms with E-state index in [1.54, 1.807) is 18.2 Å². The molecular weight excluding hydrogens is 330 g/mol. The minimum Gasteiger partial charge on any atom is -0.508 e. The summed E-state index contributed by atoms with van der Waals surface area (Å²) in [5.74, 6) is 0.311. The Bertz CT molecular complexity index is 1220. The summed E-state index contributed by atoms with van der Waals surface area (Å²) in [7, 11) is 0. The summed E-state index contributed by atoms with van der Waals surface area (Å²) in [5.41, 5.74) is 3.54. The molecule has 1 aliphatic heterocycles. The highest BCUT2D eigenvalue weighted by molar-refractivity contribution is 5.95. The number of aromatic amines is 1. The van der Waals surface area contributed by atoms with Gasteiger partial charge in [-0.25, -0.2) is 4.79 Å². The van der Waals surface area contributed by atoms with Gasteiger partial charge in [0.2, 0.25) is 0 Å². The first-order chi connectivity index (χ1) is 12.6. The summed E-state index contributed by atoms with van der Waals surface area (Å²) in [6.45, 7) is 1.90. The Morgan fingerprint density at radius 1 is 1.08 bits per heavy atom. The number of hydrogen-bond acceptors (Lipinski definition) is 5. The molecule has 6 heteroatoms. The van der Waals surface area contributed by atoms with E-state index in [4.69, 9.17) is 4.42 Å². The van der Waals surface area contributed by atoms with Gasteiger partial charge in [-0.1, -0.05) is 30.3 Å². The van der Waals surface area contributed by atoms with Gasteiger partial charge in [0.05, 0.1) is 17.2 Å². The van der Waals surface area contributed by atoms with E-state index in [0.717, 1.165) is 16.6 Å². The molecule has 1 atom stereocenters. The molecule has 0 fully saturated rings. The largest absolute Gasteiger partial charge is 0.508 e. The minimum atomic E-state index is -0.470. The number of aromatic nitrogens is 2. The van der Waals surface area contributed by atoms with Gasteiger partial charge in [0.1, 0.15) is 11.3 Å². The zero-order chi connectivity index (χ0) is 17.8. The molecule has 0 saturated carbocycles. The van der Waals surface area contributed by atoms with Crippen molar-refractivity contribution in [3.05, 3.63) is 81.3 Å². The highest BCUT2D eigenvalue weighted by Gasteiger charge is 2.36. The van der Waals surface area contributed by atoms with Gasteiger partial charge in [-0.3, -0.25) is 5.10 Å². The predicted molar refractivity (Wildman–Crippen MR) is 98.1 cm³/mol. The third-order valence-electron chi connectivity index (χ3n) is 4.91. The molecule has 0 radical (unpaired) electrons. The Morgan fingerprint density at radius 2 is 1.85 bits per heavy atom.